The molecule has 0 saturated heterocycles. The Morgan fingerprint density at radius 2 is 1.36 bits per heavy atom. The van der Waals surface area contributed by atoms with Gasteiger partial charge in [-0.25, -0.2) is 4.79 Å². The monoisotopic (exact) mass is 650 g/mol. The van der Waals surface area contributed by atoms with Crippen LogP contribution in [0.1, 0.15) is 80.2 Å². The Hall–Kier alpha value is -4.21. The predicted molar refractivity (Wildman–Crippen MR) is 172 cm³/mol. The number of hydrogen-bond donors (Lipinski definition) is 0. The van der Waals surface area contributed by atoms with E-state index in [2.05, 4.69) is 6.58 Å². The summed E-state index contributed by atoms with van der Waals surface area (Å²) in [5.74, 6) is -3.57. The Morgan fingerprint density at radius 1 is 0.766 bits per heavy atom. The molecule has 0 aliphatic heterocycles. The fraction of sp³-hybridized carbons (Fsp3) is 0.541. The second-order valence-corrected chi connectivity index (χ2v) is 13.6. The molecule has 0 N–H and O–H groups in total. The van der Waals surface area contributed by atoms with Crippen molar-refractivity contribution in [3.63, 3.8) is 0 Å². The van der Waals surface area contributed by atoms with Gasteiger partial charge in [0, 0.05) is 40.2 Å². The summed E-state index contributed by atoms with van der Waals surface area (Å²) in [6.45, 7) is 17.4. The van der Waals surface area contributed by atoms with E-state index in [0.717, 1.165) is 5.56 Å². The average molecular weight is 651 g/mol. The third-order valence-electron chi connectivity index (χ3n) is 10.2. The van der Waals surface area contributed by atoms with Gasteiger partial charge in [0.05, 0.1) is 5.41 Å². The summed E-state index contributed by atoms with van der Waals surface area (Å²) in [6.07, 6.45) is -0.715. The van der Waals surface area contributed by atoms with Crippen LogP contribution < -0.4 is 0 Å². The molecule has 1 aromatic rings. The summed E-state index contributed by atoms with van der Waals surface area (Å²) >= 11 is 0. The number of hydrogen-bond acceptors (Lipinski definition) is 10. The second kappa shape index (κ2) is 13.9. The van der Waals surface area contributed by atoms with Crippen LogP contribution in [0.4, 0.5) is 0 Å². The molecule has 10 nitrogen and oxygen atoms in total. The maximum absolute atomic E-state index is 13.1. The van der Waals surface area contributed by atoms with E-state index < -0.39 is 77.1 Å². The molecule has 3 aliphatic carbocycles. The molecular weight excluding hydrogens is 604 g/mol. The average Bonchev–Trinajstić information content (AvgIpc) is 2.96. The van der Waals surface area contributed by atoms with E-state index in [-0.39, 0.29) is 12.3 Å². The fourth-order valence-corrected chi connectivity index (χ4v) is 8.02. The van der Waals surface area contributed by atoms with Gasteiger partial charge in [0.25, 0.3) is 0 Å². The first-order valence-electron chi connectivity index (χ1n) is 16.0. The van der Waals surface area contributed by atoms with Crippen LogP contribution in [-0.2, 0) is 47.7 Å². The molecule has 0 heterocycles. The zero-order valence-corrected chi connectivity index (χ0v) is 28.5. The third kappa shape index (κ3) is 7.36. The molecule has 1 aromatic carbocycles. The molecule has 0 unspecified atom stereocenters. The normalized spacial score (nSPS) is 31.5. The highest BCUT2D eigenvalue weighted by molar-refractivity contribution is 5.87. The summed E-state index contributed by atoms with van der Waals surface area (Å²) in [4.78, 5) is 63.6. The van der Waals surface area contributed by atoms with Crippen LogP contribution in [0.15, 0.2) is 59.7 Å². The summed E-state index contributed by atoms with van der Waals surface area (Å²) in [5, 5.41) is 0. The molecule has 2 bridgehead atoms. The zero-order valence-electron chi connectivity index (χ0n) is 28.5. The molecule has 47 heavy (non-hydrogen) atoms. The van der Waals surface area contributed by atoms with Crippen molar-refractivity contribution >= 4 is 35.9 Å². The van der Waals surface area contributed by atoms with Crippen LogP contribution in [0.5, 0.6) is 0 Å². The Morgan fingerprint density at radius 3 is 1.94 bits per heavy atom. The van der Waals surface area contributed by atoms with Crippen LogP contribution >= 0.6 is 0 Å². The minimum Gasteiger partial charge on any atom is -0.462 e. The number of ether oxygens (including phenoxy) is 5. The molecule has 0 amide bonds. The minimum absolute atomic E-state index is 0.0447. The molecule has 2 saturated carbocycles. The van der Waals surface area contributed by atoms with Crippen molar-refractivity contribution in [1.82, 2.24) is 0 Å². The number of carbonyl (C=O) groups is 5. The van der Waals surface area contributed by atoms with E-state index in [1.165, 1.54) is 33.8 Å². The molecule has 10 heteroatoms. The minimum atomic E-state index is -1.17. The van der Waals surface area contributed by atoms with Gasteiger partial charge in [0.2, 0.25) is 0 Å². The lowest BCUT2D eigenvalue weighted by atomic mass is 9.49. The van der Waals surface area contributed by atoms with Gasteiger partial charge in [-0.3, -0.25) is 19.2 Å². The first-order valence-corrected chi connectivity index (χ1v) is 16.0. The lowest BCUT2D eigenvalue weighted by Crippen LogP contribution is -2.64. The van der Waals surface area contributed by atoms with Gasteiger partial charge in [-0.1, -0.05) is 57.7 Å². The fourth-order valence-electron chi connectivity index (χ4n) is 8.02. The van der Waals surface area contributed by atoms with Crippen LogP contribution in [-0.4, -0.2) is 60.4 Å². The smallest absolute Gasteiger partial charge is 0.331 e. The molecule has 0 aromatic heterocycles. The van der Waals surface area contributed by atoms with E-state index in [1.807, 2.05) is 58.0 Å². The van der Waals surface area contributed by atoms with Gasteiger partial charge in [0.15, 0.2) is 12.2 Å². The van der Waals surface area contributed by atoms with Crippen molar-refractivity contribution in [2.45, 2.75) is 105 Å². The summed E-state index contributed by atoms with van der Waals surface area (Å²) in [5.41, 5.74) is 0.978. The van der Waals surface area contributed by atoms with Crippen molar-refractivity contribution < 1.29 is 47.7 Å². The van der Waals surface area contributed by atoms with E-state index in [9.17, 15) is 24.0 Å². The quantitative estimate of drug-likeness (QED) is 0.157. The van der Waals surface area contributed by atoms with Crippen molar-refractivity contribution in [2.24, 2.45) is 22.7 Å². The van der Waals surface area contributed by atoms with Crippen molar-refractivity contribution in [3.05, 3.63) is 65.3 Å². The molecule has 254 valence electrons. The van der Waals surface area contributed by atoms with Crippen LogP contribution in [0, 0.1) is 22.7 Å². The number of esters is 5. The van der Waals surface area contributed by atoms with Gasteiger partial charge >= 0.3 is 29.8 Å². The Kier molecular flexibility index (Phi) is 10.5. The largest absolute Gasteiger partial charge is 0.462 e. The molecule has 0 spiro atoms. The number of rotatable bonds is 7. The maximum Gasteiger partial charge on any atom is 0.331 e. The Labute approximate surface area is 276 Å². The molecule has 2 fully saturated rings. The van der Waals surface area contributed by atoms with Crippen molar-refractivity contribution in [1.29, 1.82) is 0 Å². The third-order valence-corrected chi connectivity index (χ3v) is 10.2. The highest BCUT2D eigenvalue weighted by Gasteiger charge is 2.64. The SMILES string of the molecule is C=C1[C@H](OC(=O)/C=C/c2ccccc2)C[C@H](OC(C)=O)[C@@]2(C)[C@H]1C[C@@H]1C[C@H](OC(C)=O)C(C)=C([C@@H](OC(C)=O)[C@@H]2OC(C)=O)C1(C)C. The summed E-state index contributed by atoms with van der Waals surface area (Å²) in [6, 6.07) is 9.30. The van der Waals surface area contributed by atoms with Gasteiger partial charge < -0.3 is 23.7 Å². The van der Waals surface area contributed by atoms with Gasteiger partial charge in [-0.15, -0.1) is 0 Å². The molecule has 8 atom stereocenters. The van der Waals surface area contributed by atoms with E-state index >= 15 is 0 Å². The van der Waals surface area contributed by atoms with Crippen molar-refractivity contribution in [2.75, 3.05) is 0 Å². The summed E-state index contributed by atoms with van der Waals surface area (Å²) < 4.78 is 29.9. The molecule has 4 rings (SSSR count). The van der Waals surface area contributed by atoms with Gasteiger partial charge in [0.1, 0.15) is 18.3 Å². The van der Waals surface area contributed by atoms with Gasteiger partial charge in [-0.05, 0) is 65.4 Å². The molecular formula is C37H46O10. The number of fused-ring (bicyclic) bond motifs is 3. The van der Waals surface area contributed by atoms with E-state index in [4.69, 9.17) is 23.7 Å². The van der Waals surface area contributed by atoms with Crippen molar-refractivity contribution in [3.8, 4) is 0 Å². The topological polar surface area (TPSA) is 132 Å². The molecule has 3 aliphatic rings. The number of benzene rings is 1. The zero-order chi connectivity index (χ0) is 34.8. The first-order chi connectivity index (χ1) is 22.0. The highest BCUT2D eigenvalue weighted by Crippen LogP contribution is 2.61. The van der Waals surface area contributed by atoms with E-state index in [0.29, 0.717) is 29.6 Å². The summed E-state index contributed by atoms with van der Waals surface area (Å²) in [7, 11) is 0. The van der Waals surface area contributed by atoms with Crippen LogP contribution in [0.3, 0.4) is 0 Å². The van der Waals surface area contributed by atoms with Gasteiger partial charge in [-0.2, -0.15) is 0 Å². The highest BCUT2D eigenvalue weighted by atomic mass is 16.6. The lowest BCUT2D eigenvalue weighted by molar-refractivity contribution is -0.212. The second-order valence-electron chi connectivity index (χ2n) is 13.6. The standard InChI is InChI=1S/C37H46O10/c1-20-28-17-27-18-29(43-22(3)38)21(2)33(36(27,7)8)34(45-24(5)40)35(46-25(6)41)37(28,9)31(44-23(4)39)19-30(20)47-32(42)16-15-26-13-11-10-12-14-26/h10-16,27-31,34-35H,1,17-19H2,2-9H3/b16-15+/t27-,28+,29+,30-,31+,34-,35+,37-/m1/s1. The maximum atomic E-state index is 13.1. The number of carbonyl (C=O) groups excluding carboxylic acids is 5. The first kappa shape index (κ1) is 35.6. The van der Waals surface area contributed by atoms with Crippen LogP contribution in [0.25, 0.3) is 6.08 Å². The molecule has 0 radical (unpaired) electrons. The Bertz CT molecular complexity index is 1490. The van der Waals surface area contributed by atoms with Crippen LogP contribution in [0.2, 0.25) is 0 Å². The van der Waals surface area contributed by atoms with E-state index in [1.54, 1.807) is 6.08 Å². The predicted octanol–water partition coefficient (Wildman–Crippen LogP) is 5.69. The Balaban J connectivity index is 1.89. The lowest BCUT2D eigenvalue weighted by Gasteiger charge is -2.59.